The van der Waals surface area contributed by atoms with Crippen LogP contribution in [0.1, 0.15) is 11.3 Å². The van der Waals surface area contributed by atoms with Crippen molar-refractivity contribution in [2.24, 2.45) is 0 Å². The molecule has 0 unspecified atom stereocenters. The zero-order valence-corrected chi connectivity index (χ0v) is 19.4. The van der Waals surface area contributed by atoms with Gasteiger partial charge in [0.25, 0.3) is 0 Å². The summed E-state index contributed by atoms with van der Waals surface area (Å²) in [5.41, 5.74) is 4.24. The van der Waals surface area contributed by atoms with Gasteiger partial charge < -0.3 is 0 Å². The molecule has 0 fully saturated rings. The molecule has 7 heteroatoms. The van der Waals surface area contributed by atoms with Crippen LogP contribution in [0.15, 0.2) is 95.5 Å². The van der Waals surface area contributed by atoms with Crippen molar-refractivity contribution in [3.05, 3.63) is 107 Å². The first kappa shape index (κ1) is 20.9. The van der Waals surface area contributed by atoms with E-state index in [1.54, 1.807) is 23.1 Å². The first-order valence-corrected chi connectivity index (χ1v) is 12.4. The van der Waals surface area contributed by atoms with Crippen LogP contribution in [0.3, 0.4) is 0 Å². The Kier molecular flexibility index (Phi) is 6.34. The van der Waals surface area contributed by atoms with Crippen LogP contribution in [0, 0.1) is 0 Å². The van der Waals surface area contributed by atoms with E-state index in [-0.39, 0.29) is 0 Å². The molecule has 0 aliphatic rings. The van der Waals surface area contributed by atoms with Crippen LogP contribution in [0.2, 0.25) is 5.02 Å². The molecule has 0 radical (unpaired) electrons. The predicted octanol–water partition coefficient (Wildman–Crippen LogP) is 7.06. The van der Waals surface area contributed by atoms with Crippen LogP contribution in [0.5, 0.6) is 0 Å². The molecule has 3 aromatic carbocycles. The summed E-state index contributed by atoms with van der Waals surface area (Å²) in [5, 5.41) is 13.7. The van der Waals surface area contributed by atoms with E-state index in [9.17, 15) is 0 Å². The molecule has 32 heavy (non-hydrogen) atoms. The summed E-state index contributed by atoms with van der Waals surface area (Å²) in [6.07, 6.45) is 0. The van der Waals surface area contributed by atoms with E-state index in [1.807, 2.05) is 60.7 Å². The minimum absolute atomic E-state index is 0.665. The fraction of sp³-hybridized carbons (Fsp3) is 0.0800. The van der Waals surface area contributed by atoms with Gasteiger partial charge in [-0.15, -0.1) is 21.5 Å². The Morgan fingerprint density at radius 3 is 2.34 bits per heavy atom. The quantitative estimate of drug-likeness (QED) is 0.237. The Morgan fingerprint density at radius 1 is 0.844 bits per heavy atom. The molecule has 2 heterocycles. The van der Waals surface area contributed by atoms with Crippen LogP contribution in [-0.4, -0.2) is 19.7 Å². The largest absolute Gasteiger partial charge is 0.297 e. The molecule has 0 aliphatic carbocycles. The maximum absolute atomic E-state index is 6.48. The summed E-state index contributed by atoms with van der Waals surface area (Å²) in [4.78, 5) is 4.81. The van der Waals surface area contributed by atoms with Crippen LogP contribution in [-0.2, 0) is 12.3 Å². The Bertz CT molecular complexity index is 1320. The lowest BCUT2D eigenvalue weighted by atomic mass is 10.2. The molecule has 0 amide bonds. The number of benzene rings is 3. The van der Waals surface area contributed by atoms with Crippen molar-refractivity contribution in [3.8, 4) is 22.0 Å². The zero-order chi connectivity index (χ0) is 21.8. The van der Waals surface area contributed by atoms with Crippen molar-refractivity contribution in [3.63, 3.8) is 0 Å². The molecule has 0 N–H and O–H groups in total. The molecular formula is C25H19ClN4S2. The van der Waals surface area contributed by atoms with Crippen molar-refractivity contribution in [1.82, 2.24) is 19.7 Å². The highest BCUT2D eigenvalue weighted by atomic mass is 35.5. The Balaban J connectivity index is 1.42. The third-order valence-corrected chi connectivity index (χ3v) is 7.21. The molecule has 0 atom stereocenters. The lowest BCUT2D eigenvalue weighted by Gasteiger charge is -2.11. The minimum Gasteiger partial charge on any atom is -0.297 e. The standard InChI is InChI=1S/C25H19ClN4S2/c26-22-14-8-7-13-21(22)23-28-29-25(30(23)15-18-9-3-1-4-10-18)32-17-20-16-31-24(27-20)19-11-5-2-6-12-19/h1-14,16H,15,17H2. The molecule has 0 spiro atoms. The van der Waals surface area contributed by atoms with Crippen LogP contribution in [0.25, 0.3) is 22.0 Å². The molecular weight excluding hydrogens is 456 g/mol. The fourth-order valence-electron chi connectivity index (χ4n) is 3.37. The second-order valence-electron chi connectivity index (χ2n) is 7.16. The van der Waals surface area contributed by atoms with E-state index >= 15 is 0 Å². The fourth-order valence-corrected chi connectivity index (χ4v) is 5.35. The minimum atomic E-state index is 0.665. The highest BCUT2D eigenvalue weighted by Crippen LogP contribution is 2.32. The van der Waals surface area contributed by atoms with Crippen LogP contribution in [0.4, 0.5) is 0 Å². The summed E-state index contributed by atoms with van der Waals surface area (Å²) in [6.45, 7) is 0.670. The molecule has 0 saturated heterocycles. The third kappa shape index (κ3) is 4.63. The molecule has 158 valence electrons. The highest BCUT2D eigenvalue weighted by molar-refractivity contribution is 7.98. The monoisotopic (exact) mass is 474 g/mol. The second kappa shape index (κ2) is 9.69. The van der Waals surface area contributed by atoms with Crippen molar-refractivity contribution < 1.29 is 0 Å². The van der Waals surface area contributed by atoms with Crippen molar-refractivity contribution in [2.75, 3.05) is 0 Å². The molecule has 5 aromatic rings. The van der Waals surface area contributed by atoms with E-state index in [0.717, 1.165) is 38.6 Å². The topological polar surface area (TPSA) is 43.6 Å². The summed E-state index contributed by atoms with van der Waals surface area (Å²) in [6, 6.07) is 28.3. The first-order chi connectivity index (χ1) is 15.8. The average Bonchev–Trinajstić information content (AvgIpc) is 3.47. The molecule has 4 nitrogen and oxygen atoms in total. The third-order valence-electron chi connectivity index (χ3n) is 4.94. The van der Waals surface area contributed by atoms with Gasteiger partial charge in [0.1, 0.15) is 5.01 Å². The smallest absolute Gasteiger partial charge is 0.192 e. The van der Waals surface area contributed by atoms with E-state index in [4.69, 9.17) is 16.6 Å². The number of thiazole rings is 1. The van der Waals surface area contributed by atoms with Gasteiger partial charge >= 0.3 is 0 Å². The molecule has 0 bridgehead atoms. The van der Waals surface area contributed by atoms with Gasteiger partial charge in [0.2, 0.25) is 0 Å². The van der Waals surface area contributed by atoms with Crippen molar-refractivity contribution >= 4 is 34.7 Å². The highest BCUT2D eigenvalue weighted by Gasteiger charge is 2.17. The lowest BCUT2D eigenvalue weighted by molar-refractivity contribution is 0.714. The van der Waals surface area contributed by atoms with E-state index in [2.05, 4.69) is 44.4 Å². The van der Waals surface area contributed by atoms with Crippen LogP contribution < -0.4 is 0 Å². The van der Waals surface area contributed by atoms with Gasteiger partial charge in [0.05, 0.1) is 17.3 Å². The maximum atomic E-state index is 6.48. The number of thioether (sulfide) groups is 1. The van der Waals surface area contributed by atoms with Gasteiger partial charge in [-0.25, -0.2) is 4.98 Å². The molecule has 5 rings (SSSR count). The van der Waals surface area contributed by atoms with Gasteiger partial charge in [-0.05, 0) is 17.7 Å². The average molecular weight is 475 g/mol. The Labute approximate surface area is 200 Å². The van der Waals surface area contributed by atoms with Gasteiger partial charge in [-0.1, -0.05) is 96.2 Å². The summed E-state index contributed by atoms with van der Waals surface area (Å²) < 4.78 is 2.13. The number of halogens is 1. The molecule has 0 saturated carbocycles. The maximum Gasteiger partial charge on any atom is 0.192 e. The zero-order valence-electron chi connectivity index (χ0n) is 17.1. The lowest BCUT2D eigenvalue weighted by Crippen LogP contribution is -2.04. The molecule has 0 aliphatic heterocycles. The number of nitrogens with zero attached hydrogens (tertiary/aromatic N) is 4. The van der Waals surface area contributed by atoms with Gasteiger partial charge in [0.15, 0.2) is 11.0 Å². The van der Waals surface area contributed by atoms with Gasteiger partial charge in [0, 0.05) is 22.3 Å². The number of hydrogen-bond donors (Lipinski definition) is 0. The summed E-state index contributed by atoms with van der Waals surface area (Å²) >= 11 is 9.78. The number of aromatic nitrogens is 4. The van der Waals surface area contributed by atoms with Crippen molar-refractivity contribution in [2.45, 2.75) is 17.5 Å². The normalized spacial score (nSPS) is 11.0. The van der Waals surface area contributed by atoms with Crippen molar-refractivity contribution in [1.29, 1.82) is 0 Å². The Hall–Kier alpha value is -2.93. The predicted molar refractivity (Wildman–Crippen MR) is 133 cm³/mol. The van der Waals surface area contributed by atoms with Crippen LogP contribution >= 0.6 is 34.7 Å². The van der Waals surface area contributed by atoms with E-state index in [1.165, 1.54) is 5.56 Å². The summed E-state index contributed by atoms with van der Waals surface area (Å²) in [7, 11) is 0. The van der Waals surface area contributed by atoms with Gasteiger partial charge in [-0.2, -0.15) is 0 Å². The second-order valence-corrected chi connectivity index (χ2v) is 9.36. The summed E-state index contributed by atoms with van der Waals surface area (Å²) in [5.74, 6) is 1.49. The molecule has 2 aromatic heterocycles. The number of hydrogen-bond acceptors (Lipinski definition) is 5. The van der Waals surface area contributed by atoms with E-state index < -0.39 is 0 Å². The van der Waals surface area contributed by atoms with E-state index in [0.29, 0.717) is 11.6 Å². The SMILES string of the molecule is Clc1ccccc1-c1nnc(SCc2csc(-c3ccccc3)n2)n1Cc1ccccc1. The number of rotatable bonds is 7. The van der Waals surface area contributed by atoms with Gasteiger partial charge in [-0.3, -0.25) is 4.57 Å². The Morgan fingerprint density at radius 2 is 1.56 bits per heavy atom. The first-order valence-electron chi connectivity index (χ1n) is 10.1.